The summed E-state index contributed by atoms with van der Waals surface area (Å²) in [5, 5.41) is 0. The van der Waals surface area contributed by atoms with Gasteiger partial charge in [-0.05, 0) is 31.1 Å². The fraction of sp³-hybridized carbons (Fsp3) is 1.00. The van der Waals surface area contributed by atoms with Crippen LogP contribution in [0, 0.1) is 11.8 Å². The molecule has 0 bridgehead atoms. The highest BCUT2D eigenvalue weighted by Gasteiger charge is 2.25. The van der Waals surface area contributed by atoms with Crippen LogP contribution in [-0.4, -0.2) is 6.04 Å². The minimum atomic E-state index is 0.567. The Morgan fingerprint density at radius 1 is 1.21 bits per heavy atom. The summed E-state index contributed by atoms with van der Waals surface area (Å²) >= 11 is 0. The van der Waals surface area contributed by atoms with Gasteiger partial charge in [0.05, 0.1) is 0 Å². The Hall–Kier alpha value is -0.0800. The fourth-order valence-electron chi connectivity index (χ4n) is 2.76. The van der Waals surface area contributed by atoms with E-state index < -0.39 is 0 Å². The van der Waals surface area contributed by atoms with Crippen molar-refractivity contribution in [2.24, 2.45) is 17.7 Å². The van der Waals surface area contributed by atoms with E-state index >= 15 is 0 Å². The predicted molar refractivity (Wildman–Crippen MR) is 61.8 cm³/mol. The molecule has 1 aliphatic carbocycles. The van der Waals surface area contributed by atoms with Crippen LogP contribution in [-0.2, 0) is 0 Å². The molecule has 0 heterocycles. The molecule has 0 radical (unpaired) electrons. The van der Waals surface area contributed by atoms with E-state index in [9.17, 15) is 0 Å². The molecule has 84 valence electrons. The lowest BCUT2D eigenvalue weighted by atomic mass is 9.77. The SMILES string of the molecule is CCCC(NN)C1CCC(CC)CC1. The molecule has 0 aromatic heterocycles. The highest BCUT2D eigenvalue weighted by Crippen LogP contribution is 2.33. The van der Waals surface area contributed by atoms with E-state index in [1.54, 1.807) is 0 Å². The minimum Gasteiger partial charge on any atom is -0.271 e. The van der Waals surface area contributed by atoms with Gasteiger partial charge in [0.15, 0.2) is 0 Å². The average molecular weight is 198 g/mol. The summed E-state index contributed by atoms with van der Waals surface area (Å²) in [6, 6.07) is 0.567. The number of hydrazine groups is 1. The highest BCUT2D eigenvalue weighted by atomic mass is 15.2. The molecule has 2 heteroatoms. The summed E-state index contributed by atoms with van der Waals surface area (Å²) in [4.78, 5) is 0. The van der Waals surface area contributed by atoms with Crippen LogP contribution in [0.3, 0.4) is 0 Å². The van der Waals surface area contributed by atoms with Crippen LogP contribution in [0.25, 0.3) is 0 Å². The second-order valence-electron chi connectivity index (χ2n) is 4.75. The quantitative estimate of drug-likeness (QED) is 0.526. The molecular formula is C12H26N2. The summed E-state index contributed by atoms with van der Waals surface area (Å²) in [6.45, 7) is 4.55. The number of hydrogen-bond donors (Lipinski definition) is 2. The lowest BCUT2D eigenvalue weighted by molar-refractivity contribution is 0.211. The number of rotatable bonds is 5. The molecule has 1 rings (SSSR count). The van der Waals surface area contributed by atoms with Crippen LogP contribution in [0.15, 0.2) is 0 Å². The van der Waals surface area contributed by atoms with E-state index in [0.717, 1.165) is 11.8 Å². The Kier molecular flexibility index (Phi) is 5.49. The van der Waals surface area contributed by atoms with E-state index in [0.29, 0.717) is 6.04 Å². The largest absolute Gasteiger partial charge is 0.271 e. The molecule has 1 fully saturated rings. The average Bonchev–Trinajstić information content (AvgIpc) is 2.26. The maximum atomic E-state index is 5.61. The molecule has 1 atom stereocenters. The third-order valence-electron chi connectivity index (χ3n) is 3.85. The predicted octanol–water partition coefficient (Wildman–Crippen LogP) is 2.83. The summed E-state index contributed by atoms with van der Waals surface area (Å²) < 4.78 is 0. The zero-order chi connectivity index (χ0) is 10.4. The van der Waals surface area contributed by atoms with Crippen LogP contribution in [0.2, 0.25) is 0 Å². The number of hydrogen-bond acceptors (Lipinski definition) is 2. The molecule has 14 heavy (non-hydrogen) atoms. The van der Waals surface area contributed by atoms with E-state index in [1.807, 2.05) is 0 Å². The van der Waals surface area contributed by atoms with Crippen molar-refractivity contribution in [2.45, 2.75) is 64.8 Å². The maximum Gasteiger partial charge on any atom is 0.0238 e. The van der Waals surface area contributed by atoms with Crippen molar-refractivity contribution in [3.63, 3.8) is 0 Å². The van der Waals surface area contributed by atoms with Gasteiger partial charge >= 0.3 is 0 Å². The Balaban J connectivity index is 2.31. The van der Waals surface area contributed by atoms with Gasteiger partial charge in [0, 0.05) is 6.04 Å². The monoisotopic (exact) mass is 198 g/mol. The molecule has 0 aromatic carbocycles. The maximum absolute atomic E-state index is 5.61. The van der Waals surface area contributed by atoms with Crippen molar-refractivity contribution in [2.75, 3.05) is 0 Å². The molecule has 1 aliphatic rings. The third kappa shape index (κ3) is 3.25. The molecule has 0 spiro atoms. The van der Waals surface area contributed by atoms with Gasteiger partial charge in [-0.3, -0.25) is 11.3 Å². The van der Waals surface area contributed by atoms with E-state index in [2.05, 4.69) is 19.3 Å². The van der Waals surface area contributed by atoms with Crippen molar-refractivity contribution < 1.29 is 0 Å². The minimum absolute atomic E-state index is 0.567. The standard InChI is InChI=1S/C12H26N2/c1-3-5-12(14-13)11-8-6-10(4-2)7-9-11/h10-12,14H,3-9,13H2,1-2H3. The third-order valence-corrected chi connectivity index (χ3v) is 3.85. The van der Waals surface area contributed by atoms with Gasteiger partial charge in [-0.2, -0.15) is 0 Å². The lowest BCUT2D eigenvalue weighted by Crippen LogP contribution is -2.42. The second-order valence-corrected chi connectivity index (χ2v) is 4.75. The Labute approximate surface area is 88.6 Å². The van der Waals surface area contributed by atoms with Gasteiger partial charge in [0.25, 0.3) is 0 Å². The summed E-state index contributed by atoms with van der Waals surface area (Å²) in [6.07, 6.45) is 9.44. The van der Waals surface area contributed by atoms with Gasteiger partial charge in [0.2, 0.25) is 0 Å². The normalized spacial score (nSPS) is 30.2. The van der Waals surface area contributed by atoms with E-state index in [1.165, 1.54) is 44.9 Å². The van der Waals surface area contributed by atoms with Crippen LogP contribution in [0.1, 0.15) is 58.8 Å². The smallest absolute Gasteiger partial charge is 0.0238 e. The molecule has 0 saturated heterocycles. The first kappa shape index (κ1) is 12.0. The lowest BCUT2D eigenvalue weighted by Gasteiger charge is -2.33. The van der Waals surface area contributed by atoms with Gasteiger partial charge in [0.1, 0.15) is 0 Å². The summed E-state index contributed by atoms with van der Waals surface area (Å²) in [7, 11) is 0. The molecule has 0 amide bonds. The topological polar surface area (TPSA) is 38.0 Å². The zero-order valence-electron chi connectivity index (χ0n) is 9.76. The van der Waals surface area contributed by atoms with Crippen LogP contribution < -0.4 is 11.3 Å². The first-order valence-corrected chi connectivity index (χ1v) is 6.27. The zero-order valence-corrected chi connectivity index (χ0v) is 9.76. The molecule has 2 nitrogen and oxygen atoms in total. The van der Waals surface area contributed by atoms with E-state index in [4.69, 9.17) is 5.84 Å². The molecule has 1 saturated carbocycles. The first-order valence-electron chi connectivity index (χ1n) is 6.27. The first-order chi connectivity index (χ1) is 6.81. The molecule has 3 N–H and O–H groups in total. The van der Waals surface area contributed by atoms with Crippen molar-refractivity contribution >= 4 is 0 Å². The van der Waals surface area contributed by atoms with Crippen LogP contribution in [0.5, 0.6) is 0 Å². The number of nitrogens with two attached hydrogens (primary N) is 1. The Morgan fingerprint density at radius 2 is 1.86 bits per heavy atom. The van der Waals surface area contributed by atoms with Crippen LogP contribution in [0.4, 0.5) is 0 Å². The van der Waals surface area contributed by atoms with Gasteiger partial charge in [-0.25, -0.2) is 0 Å². The van der Waals surface area contributed by atoms with Crippen molar-refractivity contribution in [3.8, 4) is 0 Å². The van der Waals surface area contributed by atoms with Gasteiger partial charge in [-0.15, -0.1) is 0 Å². The van der Waals surface area contributed by atoms with Crippen LogP contribution >= 0.6 is 0 Å². The van der Waals surface area contributed by atoms with Crippen molar-refractivity contribution in [1.82, 2.24) is 5.43 Å². The van der Waals surface area contributed by atoms with Gasteiger partial charge in [-0.1, -0.05) is 39.5 Å². The molecule has 1 unspecified atom stereocenters. The van der Waals surface area contributed by atoms with Crippen molar-refractivity contribution in [1.29, 1.82) is 0 Å². The summed E-state index contributed by atoms with van der Waals surface area (Å²) in [5.74, 6) is 7.43. The highest BCUT2D eigenvalue weighted by molar-refractivity contribution is 4.80. The second kappa shape index (κ2) is 6.41. The van der Waals surface area contributed by atoms with E-state index in [-0.39, 0.29) is 0 Å². The van der Waals surface area contributed by atoms with Gasteiger partial charge < -0.3 is 0 Å². The Morgan fingerprint density at radius 3 is 2.29 bits per heavy atom. The number of nitrogens with one attached hydrogen (secondary N) is 1. The molecule has 0 aliphatic heterocycles. The molecule has 0 aromatic rings. The summed E-state index contributed by atoms with van der Waals surface area (Å²) in [5.41, 5.74) is 3.01. The molecular weight excluding hydrogens is 172 g/mol. The fourth-order valence-corrected chi connectivity index (χ4v) is 2.76. The Bertz CT molecular complexity index is 139. The van der Waals surface area contributed by atoms with Crippen molar-refractivity contribution in [3.05, 3.63) is 0 Å².